The van der Waals surface area contributed by atoms with Gasteiger partial charge in [0.05, 0.1) is 22.4 Å². The summed E-state index contributed by atoms with van der Waals surface area (Å²) in [6, 6.07) is 22.5. The monoisotopic (exact) mass is 381 g/mol. The van der Waals surface area contributed by atoms with Gasteiger partial charge in [0, 0.05) is 11.1 Å². The normalized spacial score (nSPS) is 10.9. The summed E-state index contributed by atoms with van der Waals surface area (Å²) >= 11 is 0. The Bertz CT molecular complexity index is 1270. The van der Waals surface area contributed by atoms with Gasteiger partial charge in [0.2, 0.25) is 0 Å². The van der Waals surface area contributed by atoms with Gasteiger partial charge in [0.15, 0.2) is 0 Å². The Morgan fingerprint density at radius 3 is 2.69 bits per heavy atom. The van der Waals surface area contributed by atoms with Crippen LogP contribution < -0.4 is 5.32 Å². The molecular weight excluding hydrogens is 366 g/mol. The van der Waals surface area contributed by atoms with E-state index in [1.807, 2.05) is 54.6 Å². The van der Waals surface area contributed by atoms with E-state index < -0.39 is 0 Å². The molecule has 0 radical (unpaired) electrons. The van der Waals surface area contributed by atoms with E-state index in [4.69, 9.17) is 0 Å². The molecule has 5 aromatic rings. The smallest absolute Gasteiger partial charge is 0.255 e. The molecule has 8 heteroatoms. The quantitative estimate of drug-likeness (QED) is 0.496. The van der Waals surface area contributed by atoms with Crippen molar-refractivity contribution in [3.05, 3.63) is 84.7 Å². The van der Waals surface area contributed by atoms with E-state index in [9.17, 15) is 4.79 Å². The summed E-state index contributed by atoms with van der Waals surface area (Å²) < 4.78 is 1.50. The number of rotatable bonds is 4. The highest BCUT2D eigenvalue weighted by Crippen LogP contribution is 2.28. The molecule has 0 unspecified atom stereocenters. The number of tetrazole rings is 1. The van der Waals surface area contributed by atoms with Gasteiger partial charge in [-0.05, 0) is 52.9 Å². The standard InChI is InChI=1S/C21H15N7O/c29-21(14-6-5-7-15(12-14)28-13-22-26-27-28)25-17-9-2-1-8-16(17)20-23-18-10-3-4-11-19(18)24-20/h1-13H,(H,23,24)(H,25,29). The fraction of sp³-hybridized carbons (Fsp3) is 0. The van der Waals surface area contributed by atoms with Crippen LogP contribution in [0.5, 0.6) is 0 Å². The number of aromatic amines is 1. The van der Waals surface area contributed by atoms with Crippen molar-refractivity contribution in [3.63, 3.8) is 0 Å². The molecule has 0 bridgehead atoms. The van der Waals surface area contributed by atoms with Crippen LogP contribution in [0.2, 0.25) is 0 Å². The first kappa shape index (κ1) is 16.8. The largest absolute Gasteiger partial charge is 0.338 e. The van der Waals surface area contributed by atoms with Crippen molar-refractivity contribution in [2.45, 2.75) is 0 Å². The lowest BCUT2D eigenvalue weighted by molar-refractivity contribution is 0.102. The summed E-state index contributed by atoms with van der Waals surface area (Å²) in [5.41, 5.74) is 4.50. The lowest BCUT2D eigenvalue weighted by Gasteiger charge is -2.10. The molecule has 2 aromatic heterocycles. The van der Waals surface area contributed by atoms with Crippen molar-refractivity contribution in [2.24, 2.45) is 0 Å². The number of nitrogens with one attached hydrogen (secondary N) is 2. The summed E-state index contributed by atoms with van der Waals surface area (Å²) in [6.07, 6.45) is 1.48. The number of hydrogen-bond acceptors (Lipinski definition) is 5. The van der Waals surface area contributed by atoms with Crippen LogP contribution in [0.25, 0.3) is 28.1 Å². The Labute approximate surface area is 165 Å². The fourth-order valence-electron chi connectivity index (χ4n) is 3.14. The number of benzene rings is 3. The SMILES string of the molecule is O=C(Nc1ccccc1-c1nc2ccccc2[nH]1)c1cccc(-n2cnnn2)c1. The van der Waals surface area contributed by atoms with Gasteiger partial charge in [0.1, 0.15) is 12.2 Å². The molecule has 8 nitrogen and oxygen atoms in total. The van der Waals surface area contributed by atoms with Crippen molar-refractivity contribution in [3.8, 4) is 17.1 Å². The van der Waals surface area contributed by atoms with Crippen LogP contribution in [0.4, 0.5) is 5.69 Å². The van der Waals surface area contributed by atoms with Crippen LogP contribution in [-0.4, -0.2) is 36.1 Å². The van der Waals surface area contributed by atoms with E-state index >= 15 is 0 Å². The summed E-state index contributed by atoms with van der Waals surface area (Å²) in [5.74, 6) is 0.466. The third kappa shape index (κ3) is 3.23. The predicted octanol–water partition coefficient (Wildman–Crippen LogP) is 3.46. The molecule has 1 amide bonds. The summed E-state index contributed by atoms with van der Waals surface area (Å²) in [6.45, 7) is 0. The number of carbonyl (C=O) groups excluding carboxylic acids is 1. The average molecular weight is 381 g/mol. The van der Waals surface area contributed by atoms with Gasteiger partial charge in [-0.3, -0.25) is 4.79 Å². The Morgan fingerprint density at radius 2 is 1.83 bits per heavy atom. The lowest BCUT2D eigenvalue weighted by atomic mass is 10.1. The van der Waals surface area contributed by atoms with Crippen molar-refractivity contribution >= 4 is 22.6 Å². The number of hydrogen-bond donors (Lipinski definition) is 2. The molecule has 3 aromatic carbocycles. The van der Waals surface area contributed by atoms with E-state index in [-0.39, 0.29) is 5.91 Å². The third-order valence-electron chi connectivity index (χ3n) is 4.54. The second-order valence-electron chi connectivity index (χ2n) is 6.41. The van der Waals surface area contributed by atoms with E-state index in [0.717, 1.165) is 16.6 Å². The van der Waals surface area contributed by atoms with Gasteiger partial charge in [-0.15, -0.1) is 5.10 Å². The zero-order valence-corrected chi connectivity index (χ0v) is 15.1. The first-order valence-corrected chi connectivity index (χ1v) is 8.97. The van der Waals surface area contributed by atoms with Gasteiger partial charge in [-0.2, -0.15) is 0 Å². The highest BCUT2D eigenvalue weighted by molar-refractivity contribution is 6.06. The van der Waals surface area contributed by atoms with Crippen molar-refractivity contribution in [1.29, 1.82) is 0 Å². The van der Waals surface area contributed by atoms with Gasteiger partial charge >= 0.3 is 0 Å². The van der Waals surface area contributed by atoms with Crippen LogP contribution >= 0.6 is 0 Å². The molecule has 29 heavy (non-hydrogen) atoms. The van der Waals surface area contributed by atoms with Gasteiger partial charge in [0.25, 0.3) is 5.91 Å². The topological polar surface area (TPSA) is 101 Å². The number of H-pyrrole nitrogens is 1. The number of nitrogens with zero attached hydrogens (tertiary/aromatic N) is 5. The number of anilines is 1. The average Bonchev–Trinajstić information content (AvgIpc) is 3.44. The molecule has 5 rings (SSSR count). The van der Waals surface area contributed by atoms with E-state index in [0.29, 0.717) is 22.8 Å². The van der Waals surface area contributed by atoms with Crippen molar-refractivity contribution in [2.75, 3.05) is 5.32 Å². The zero-order chi connectivity index (χ0) is 19.6. The maximum absolute atomic E-state index is 12.9. The van der Waals surface area contributed by atoms with Crippen LogP contribution in [0.1, 0.15) is 10.4 Å². The summed E-state index contributed by atoms with van der Waals surface area (Å²) in [5, 5.41) is 14.1. The molecule has 140 valence electrons. The highest BCUT2D eigenvalue weighted by atomic mass is 16.1. The van der Waals surface area contributed by atoms with Crippen molar-refractivity contribution < 1.29 is 4.79 Å². The molecule has 0 saturated carbocycles. The molecule has 2 heterocycles. The highest BCUT2D eigenvalue weighted by Gasteiger charge is 2.13. The summed E-state index contributed by atoms with van der Waals surface area (Å²) in [4.78, 5) is 20.8. The molecular formula is C21H15N7O. The first-order chi connectivity index (χ1) is 14.3. The predicted molar refractivity (Wildman–Crippen MR) is 109 cm³/mol. The maximum Gasteiger partial charge on any atom is 0.255 e. The number of carbonyl (C=O) groups is 1. The number of para-hydroxylation sites is 3. The van der Waals surface area contributed by atoms with Crippen molar-refractivity contribution in [1.82, 2.24) is 30.2 Å². The van der Waals surface area contributed by atoms with Gasteiger partial charge in [-0.1, -0.05) is 30.3 Å². The fourth-order valence-corrected chi connectivity index (χ4v) is 3.14. The Morgan fingerprint density at radius 1 is 0.966 bits per heavy atom. The van der Waals surface area contributed by atoms with Crippen LogP contribution in [0, 0.1) is 0 Å². The van der Waals surface area contributed by atoms with E-state index in [1.165, 1.54) is 11.0 Å². The Kier molecular flexibility index (Phi) is 4.06. The third-order valence-corrected chi connectivity index (χ3v) is 4.54. The Hall–Kier alpha value is -4.33. The van der Waals surface area contributed by atoms with Gasteiger partial charge in [-0.25, -0.2) is 9.67 Å². The van der Waals surface area contributed by atoms with E-state index in [2.05, 4.69) is 30.8 Å². The molecule has 0 aliphatic rings. The van der Waals surface area contributed by atoms with Crippen LogP contribution in [0.3, 0.4) is 0 Å². The second kappa shape index (κ2) is 7.01. The number of fused-ring (bicyclic) bond motifs is 1. The van der Waals surface area contributed by atoms with Crippen LogP contribution in [0.15, 0.2) is 79.1 Å². The first-order valence-electron chi connectivity index (χ1n) is 8.97. The minimum Gasteiger partial charge on any atom is -0.338 e. The lowest BCUT2D eigenvalue weighted by Crippen LogP contribution is -2.13. The van der Waals surface area contributed by atoms with E-state index in [1.54, 1.807) is 18.2 Å². The number of imidazole rings is 1. The minimum absolute atomic E-state index is 0.233. The molecule has 2 N–H and O–H groups in total. The second-order valence-corrected chi connectivity index (χ2v) is 6.41. The molecule has 0 atom stereocenters. The minimum atomic E-state index is -0.233. The molecule has 0 spiro atoms. The summed E-state index contributed by atoms with van der Waals surface area (Å²) in [7, 11) is 0. The van der Waals surface area contributed by atoms with Crippen LogP contribution in [-0.2, 0) is 0 Å². The molecule has 0 aliphatic carbocycles. The molecule has 0 fully saturated rings. The van der Waals surface area contributed by atoms with Gasteiger partial charge < -0.3 is 10.3 Å². The maximum atomic E-state index is 12.9. The number of aromatic nitrogens is 6. The molecule has 0 aliphatic heterocycles. The number of amides is 1. The molecule has 0 saturated heterocycles. The Balaban J connectivity index is 1.47. The zero-order valence-electron chi connectivity index (χ0n) is 15.1.